The highest BCUT2D eigenvalue weighted by Crippen LogP contribution is 2.26. The van der Waals surface area contributed by atoms with Crippen molar-refractivity contribution in [1.82, 2.24) is 15.1 Å². The van der Waals surface area contributed by atoms with Crippen LogP contribution in [0.15, 0.2) is 30.3 Å². The monoisotopic (exact) mass is 274 g/mol. The van der Waals surface area contributed by atoms with Crippen molar-refractivity contribution >= 4 is 16.5 Å². The van der Waals surface area contributed by atoms with Gasteiger partial charge in [-0.25, -0.2) is 0 Å². The summed E-state index contributed by atoms with van der Waals surface area (Å²) in [6.07, 6.45) is 2.57. The van der Waals surface area contributed by atoms with Gasteiger partial charge in [0.25, 0.3) is 0 Å². The van der Waals surface area contributed by atoms with Gasteiger partial charge in [0, 0.05) is 18.2 Å². The molecule has 19 heavy (non-hydrogen) atoms. The van der Waals surface area contributed by atoms with Crippen LogP contribution in [0, 0.1) is 0 Å². The molecule has 1 aromatic heterocycles. The molecule has 1 aromatic carbocycles. The van der Waals surface area contributed by atoms with Gasteiger partial charge in [0.1, 0.15) is 5.01 Å². The number of likely N-dealkylation sites (tertiary alicyclic amines) is 1. The minimum absolute atomic E-state index is 0.629. The molecule has 0 spiro atoms. The number of likely N-dealkylation sites (N-methyl/N-ethyl adjacent to an activating group) is 1. The molecule has 1 aliphatic rings. The van der Waals surface area contributed by atoms with E-state index in [4.69, 9.17) is 0 Å². The summed E-state index contributed by atoms with van der Waals surface area (Å²) in [6, 6.07) is 10.8. The van der Waals surface area contributed by atoms with E-state index in [1.807, 2.05) is 18.2 Å². The van der Waals surface area contributed by atoms with Crippen molar-refractivity contribution < 1.29 is 0 Å². The second kappa shape index (κ2) is 5.67. The van der Waals surface area contributed by atoms with Gasteiger partial charge in [-0.15, -0.1) is 10.2 Å². The molecule has 1 atom stereocenters. The Hall–Kier alpha value is -1.46. The maximum absolute atomic E-state index is 4.24. The standard InChI is InChI=1S/C14H18N4S/c1-18-9-5-8-12(18)10-15-14-17-16-13(19-14)11-6-3-2-4-7-11/h2-4,6-7,12H,5,8-10H2,1H3,(H,15,17). The van der Waals surface area contributed by atoms with E-state index >= 15 is 0 Å². The van der Waals surface area contributed by atoms with E-state index in [1.165, 1.54) is 19.4 Å². The third-order valence-corrected chi connectivity index (χ3v) is 4.54. The topological polar surface area (TPSA) is 41.0 Å². The lowest BCUT2D eigenvalue weighted by Crippen LogP contribution is -2.31. The second-order valence-electron chi connectivity index (χ2n) is 4.94. The Balaban J connectivity index is 1.62. The van der Waals surface area contributed by atoms with Gasteiger partial charge in [-0.2, -0.15) is 0 Å². The molecule has 1 fully saturated rings. The SMILES string of the molecule is CN1CCCC1CNc1nnc(-c2ccccc2)s1. The fourth-order valence-corrected chi connectivity index (χ4v) is 3.19. The summed E-state index contributed by atoms with van der Waals surface area (Å²) >= 11 is 1.62. The van der Waals surface area contributed by atoms with Crippen molar-refractivity contribution in [3.8, 4) is 10.6 Å². The molecule has 2 heterocycles. The molecule has 1 N–H and O–H groups in total. The summed E-state index contributed by atoms with van der Waals surface area (Å²) in [4.78, 5) is 2.41. The van der Waals surface area contributed by atoms with Crippen LogP contribution in [0.3, 0.4) is 0 Å². The smallest absolute Gasteiger partial charge is 0.206 e. The van der Waals surface area contributed by atoms with Crippen LogP contribution < -0.4 is 5.32 Å². The lowest BCUT2D eigenvalue weighted by atomic mass is 10.2. The molecule has 0 amide bonds. The van der Waals surface area contributed by atoms with E-state index in [-0.39, 0.29) is 0 Å². The van der Waals surface area contributed by atoms with Gasteiger partial charge in [-0.1, -0.05) is 41.7 Å². The maximum Gasteiger partial charge on any atom is 0.206 e. The normalized spacial score (nSPS) is 19.7. The van der Waals surface area contributed by atoms with E-state index in [2.05, 4.69) is 39.6 Å². The number of hydrogen-bond acceptors (Lipinski definition) is 5. The van der Waals surface area contributed by atoms with Crippen LogP contribution in [0.2, 0.25) is 0 Å². The maximum atomic E-state index is 4.24. The van der Waals surface area contributed by atoms with Gasteiger partial charge < -0.3 is 10.2 Å². The summed E-state index contributed by atoms with van der Waals surface area (Å²) < 4.78 is 0. The van der Waals surface area contributed by atoms with Crippen LogP contribution in [0.4, 0.5) is 5.13 Å². The fourth-order valence-electron chi connectivity index (χ4n) is 2.43. The number of rotatable bonds is 4. The number of hydrogen-bond donors (Lipinski definition) is 1. The molecule has 5 heteroatoms. The zero-order valence-corrected chi connectivity index (χ0v) is 11.9. The minimum Gasteiger partial charge on any atom is -0.358 e. The quantitative estimate of drug-likeness (QED) is 0.930. The minimum atomic E-state index is 0.629. The van der Waals surface area contributed by atoms with Crippen LogP contribution in [0.1, 0.15) is 12.8 Å². The Kier molecular flexibility index (Phi) is 3.75. The van der Waals surface area contributed by atoms with Crippen molar-refractivity contribution in [3.05, 3.63) is 30.3 Å². The van der Waals surface area contributed by atoms with Crippen LogP contribution in [0.5, 0.6) is 0 Å². The highest BCUT2D eigenvalue weighted by molar-refractivity contribution is 7.18. The molecular weight excluding hydrogens is 256 g/mol. The van der Waals surface area contributed by atoms with Crippen molar-refractivity contribution in [1.29, 1.82) is 0 Å². The molecule has 2 aromatic rings. The molecule has 1 aliphatic heterocycles. The van der Waals surface area contributed by atoms with E-state index in [0.29, 0.717) is 6.04 Å². The molecule has 0 radical (unpaired) electrons. The lowest BCUT2D eigenvalue weighted by Gasteiger charge is -2.18. The third-order valence-electron chi connectivity index (χ3n) is 3.61. The second-order valence-corrected chi connectivity index (χ2v) is 5.91. The molecule has 1 unspecified atom stereocenters. The molecule has 0 aliphatic carbocycles. The first-order chi connectivity index (χ1) is 9.33. The summed E-state index contributed by atoms with van der Waals surface area (Å²) in [5, 5.41) is 13.8. The van der Waals surface area contributed by atoms with Gasteiger partial charge >= 0.3 is 0 Å². The van der Waals surface area contributed by atoms with E-state index in [0.717, 1.165) is 22.2 Å². The fraction of sp³-hybridized carbons (Fsp3) is 0.429. The number of anilines is 1. The van der Waals surface area contributed by atoms with Crippen molar-refractivity contribution in [2.75, 3.05) is 25.5 Å². The van der Waals surface area contributed by atoms with Crippen molar-refractivity contribution in [3.63, 3.8) is 0 Å². The highest BCUT2D eigenvalue weighted by atomic mass is 32.1. The van der Waals surface area contributed by atoms with E-state index < -0.39 is 0 Å². The molecule has 1 saturated heterocycles. The van der Waals surface area contributed by atoms with Crippen LogP contribution >= 0.6 is 11.3 Å². The number of aromatic nitrogens is 2. The van der Waals surface area contributed by atoms with Crippen LogP contribution in [-0.4, -0.2) is 41.3 Å². The van der Waals surface area contributed by atoms with E-state index in [9.17, 15) is 0 Å². The third kappa shape index (κ3) is 2.93. The lowest BCUT2D eigenvalue weighted by molar-refractivity contribution is 0.322. The van der Waals surface area contributed by atoms with E-state index in [1.54, 1.807) is 11.3 Å². The zero-order valence-electron chi connectivity index (χ0n) is 11.0. The Labute approximate surface area is 117 Å². The van der Waals surface area contributed by atoms with Gasteiger partial charge in [0.05, 0.1) is 0 Å². The van der Waals surface area contributed by atoms with Crippen LogP contribution in [-0.2, 0) is 0 Å². The largest absolute Gasteiger partial charge is 0.358 e. The Bertz CT molecular complexity index is 525. The van der Waals surface area contributed by atoms with Gasteiger partial charge in [-0.05, 0) is 26.4 Å². The number of nitrogens with zero attached hydrogens (tertiary/aromatic N) is 3. The average molecular weight is 274 g/mol. The first kappa shape index (κ1) is 12.6. The summed E-state index contributed by atoms with van der Waals surface area (Å²) in [5.74, 6) is 0. The molecular formula is C14H18N4S. The predicted molar refractivity (Wildman–Crippen MR) is 79.5 cm³/mol. The van der Waals surface area contributed by atoms with Crippen molar-refractivity contribution in [2.45, 2.75) is 18.9 Å². The first-order valence-corrected chi connectivity index (χ1v) is 7.47. The summed E-state index contributed by atoms with van der Waals surface area (Å²) in [7, 11) is 2.19. The van der Waals surface area contributed by atoms with Gasteiger partial charge in [-0.3, -0.25) is 0 Å². The predicted octanol–water partition coefficient (Wildman–Crippen LogP) is 2.71. The molecule has 0 bridgehead atoms. The van der Waals surface area contributed by atoms with Gasteiger partial charge in [0.2, 0.25) is 5.13 Å². The number of benzene rings is 1. The average Bonchev–Trinajstić information content (AvgIpc) is 3.06. The molecule has 4 nitrogen and oxygen atoms in total. The highest BCUT2D eigenvalue weighted by Gasteiger charge is 2.20. The van der Waals surface area contributed by atoms with Crippen LogP contribution in [0.25, 0.3) is 10.6 Å². The molecule has 100 valence electrons. The number of nitrogens with one attached hydrogen (secondary N) is 1. The Morgan fingerprint density at radius 3 is 2.89 bits per heavy atom. The molecule has 3 rings (SSSR count). The summed E-state index contributed by atoms with van der Waals surface area (Å²) in [6.45, 7) is 2.16. The zero-order chi connectivity index (χ0) is 13.1. The summed E-state index contributed by atoms with van der Waals surface area (Å²) in [5.41, 5.74) is 1.13. The van der Waals surface area contributed by atoms with Gasteiger partial charge in [0.15, 0.2) is 0 Å². The first-order valence-electron chi connectivity index (χ1n) is 6.66. The van der Waals surface area contributed by atoms with Crippen molar-refractivity contribution in [2.24, 2.45) is 0 Å². The molecule has 0 saturated carbocycles. The Morgan fingerprint density at radius 1 is 1.32 bits per heavy atom. The Morgan fingerprint density at radius 2 is 2.16 bits per heavy atom.